The normalized spacial score (nSPS) is 17.6. The highest BCUT2D eigenvalue weighted by Crippen LogP contribution is 2.36. The fraction of sp³-hybridized carbons (Fsp3) is 0.318. The van der Waals surface area contributed by atoms with Gasteiger partial charge >= 0.3 is 0 Å². The molecule has 5 rings (SSSR count). The fourth-order valence-electron chi connectivity index (χ4n) is 3.67. The Kier molecular flexibility index (Phi) is 4.97. The molecule has 0 N–H and O–H groups in total. The maximum Gasteiger partial charge on any atom is 0.277 e. The van der Waals surface area contributed by atoms with Crippen LogP contribution in [0.5, 0.6) is 11.5 Å². The Labute approximate surface area is 172 Å². The van der Waals surface area contributed by atoms with Crippen molar-refractivity contribution in [2.24, 2.45) is 0 Å². The largest absolute Gasteiger partial charge is 0.485 e. The van der Waals surface area contributed by atoms with Gasteiger partial charge in [-0.2, -0.15) is 0 Å². The Balaban J connectivity index is 1.21. The number of aryl methyl sites for hydroxylation is 2. The van der Waals surface area contributed by atoms with E-state index in [-0.39, 0.29) is 11.5 Å². The SMILES string of the molecule is O=C(CSc1nnc([C@@H]2COc3ccccc3O2)o1)c1ccc2c(c1)CCCC2. The van der Waals surface area contributed by atoms with E-state index in [1.54, 1.807) is 0 Å². The van der Waals surface area contributed by atoms with Crippen LogP contribution < -0.4 is 9.47 Å². The molecule has 7 heteroatoms. The van der Waals surface area contributed by atoms with E-state index in [2.05, 4.69) is 16.3 Å². The van der Waals surface area contributed by atoms with Crippen LogP contribution in [0.3, 0.4) is 0 Å². The maximum atomic E-state index is 12.6. The van der Waals surface area contributed by atoms with Crippen molar-refractivity contribution >= 4 is 17.5 Å². The summed E-state index contributed by atoms with van der Waals surface area (Å²) < 4.78 is 17.3. The fourth-order valence-corrected chi connectivity index (χ4v) is 4.33. The Hall–Kier alpha value is -2.80. The second kappa shape index (κ2) is 7.91. The molecule has 1 atom stereocenters. The Morgan fingerprint density at radius 3 is 2.76 bits per heavy atom. The summed E-state index contributed by atoms with van der Waals surface area (Å²) in [5.41, 5.74) is 3.43. The van der Waals surface area contributed by atoms with Crippen molar-refractivity contribution in [2.75, 3.05) is 12.4 Å². The van der Waals surface area contributed by atoms with E-state index < -0.39 is 6.10 Å². The zero-order chi connectivity index (χ0) is 19.6. The lowest BCUT2D eigenvalue weighted by atomic mass is 9.90. The standard InChI is InChI=1S/C22H20N2O4S/c25-17(16-10-9-14-5-1-2-6-15(14)11-16)13-29-22-24-23-21(28-22)20-12-26-18-7-3-4-8-19(18)27-20/h3-4,7-11,20H,1-2,5-6,12-13H2/t20-/m0/s1. The molecular weight excluding hydrogens is 388 g/mol. The average molecular weight is 408 g/mol. The number of Topliss-reactive ketones (excluding diaryl/α,β-unsaturated/α-hetero) is 1. The molecular formula is C22H20N2O4S. The lowest BCUT2D eigenvalue weighted by molar-refractivity contribution is 0.0686. The van der Waals surface area contributed by atoms with E-state index in [0.29, 0.717) is 29.2 Å². The van der Waals surface area contributed by atoms with Gasteiger partial charge in [-0.1, -0.05) is 36.0 Å². The number of hydrogen-bond donors (Lipinski definition) is 0. The van der Waals surface area contributed by atoms with Gasteiger partial charge in [0, 0.05) is 5.56 Å². The maximum absolute atomic E-state index is 12.6. The molecule has 29 heavy (non-hydrogen) atoms. The van der Waals surface area contributed by atoms with Crippen LogP contribution in [0.25, 0.3) is 0 Å². The first-order valence-electron chi connectivity index (χ1n) is 9.76. The smallest absolute Gasteiger partial charge is 0.277 e. The zero-order valence-electron chi connectivity index (χ0n) is 15.8. The third kappa shape index (κ3) is 3.87. The van der Waals surface area contributed by atoms with Crippen LogP contribution in [-0.4, -0.2) is 28.3 Å². The van der Waals surface area contributed by atoms with E-state index in [1.165, 1.54) is 35.7 Å². The minimum atomic E-state index is -0.455. The highest BCUT2D eigenvalue weighted by Gasteiger charge is 2.27. The number of carbonyl (C=O) groups excluding carboxylic acids is 1. The lowest BCUT2D eigenvalue weighted by Gasteiger charge is -2.23. The number of para-hydroxylation sites is 2. The first kappa shape index (κ1) is 18.2. The lowest BCUT2D eigenvalue weighted by Crippen LogP contribution is -2.21. The van der Waals surface area contributed by atoms with Gasteiger partial charge in [0.25, 0.3) is 11.1 Å². The van der Waals surface area contributed by atoms with Gasteiger partial charge < -0.3 is 13.9 Å². The number of hydrogen-bond acceptors (Lipinski definition) is 7. The Morgan fingerprint density at radius 2 is 1.86 bits per heavy atom. The van der Waals surface area contributed by atoms with Crippen LogP contribution in [0.2, 0.25) is 0 Å². The van der Waals surface area contributed by atoms with Crippen LogP contribution >= 0.6 is 11.8 Å². The highest BCUT2D eigenvalue weighted by molar-refractivity contribution is 7.99. The molecule has 0 unspecified atom stereocenters. The van der Waals surface area contributed by atoms with Crippen molar-refractivity contribution < 1.29 is 18.7 Å². The molecule has 2 aliphatic rings. The summed E-state index contributed by atoms with van der Waals surface area (Å²) in [6.45, 7) is 0.303. The predicted molar refractivity (Wildman–Crippen MR) is 108 cm³/mol. The molecule has 0 fully saturated rings. The van der Waals surface area contributed by atoms with Crippen molar-refractivity contribution in [3.05, 3.63) is 65.0 Å². The Morgan fingerprint density at radius 1 is 1.03 bits per heavy atom. The van der Waals surface area contributed by atoms with Crippen molar-refractivity contribution in [1.82, 2.24) is 10.2 Å². The molecule has 1 aromatic heterocycles. The molecule has 2 heterocycles. The zero-order valence-corrected chi connectivity index (χ0v) is 16.6. The number of rotatable bonds is 5. The van der Waals surface area contributed by atoms with Gasteiger partial charge in [-0.15, -0.1) is 10.2 Å². The van der Waals surface area contributed by atoms with Gasteiger partial charge in [0.15, 0.2) is 17.3 Å². The Bertz CT molecular complexity index is 1050. The van der Waals surface area contributed by atoms with Gasteiger partial charge in [0.05, 0.1) is 5.75 Å². The molecule has 148 valence electrons. The van der Waals surface area contributed by atoms with Crippen molar-refractivity contribution in [3.8, 4) is 11.5 Å². The second-order valence-corrected chi connectivity index (χ2v) is 8.10. The molecule has 0 saturated heterocycles. The van der Waals surface area contributed by atoms with Gasteiger partial charge in [-0.25, -0.2) is 0 Å². The van der Waals surface area contributed by atoms with Gasteiger partial charge in [-0.05, 0) is 55.0 Å². The molecule has 1 aliphatic heterocycles. The molecule has 0 spiro atoms. The summed E-state index contributed by atoms with van der Waals surface area (Å²) >= 11 is 1.25. The second-order valence-electron chi connectivity index (χ2n) is 7.17. The minimum Gasteiger partial charge on any atom is -0.485 e. The van der Waals surface area contributed by atoms with E-state index in [4.69, 9.17) is 13.9 Å². The van der Waals surface area contributed by atoms with Crippen molar-refractivity contribution in [3.63, 3.8) is 0 Å². The molecule has 0 amide bonds. The van der Waals surface area contributed by atoms with E-state index in [0.717, 1.165) is 18.4 Å². The summed E-state index contributed by atoms with van der Waals surface area (Å²) in [4.78, 5) is 12.6. The van der Waals surface area contributed by atoms with Gasteiger partial charge in [0.2, 0.25) is 6.10 Å². The molecule has 0 saturated carbocycles. The monoisotopic (exact) mass is 408 g/mol. The quantitative estimate of drug-likeness (QED) is 0.456. The van der Waals surface area contributed by atoms with Crippen molar-refractivity contribution in [2.45, 2.75) is 37.0 Å². The number of aromatic nitrogens is 2. The number of carbonyl (C=O) groups is 1. The number of ketones is 1. The molecule has 2 aromatic carbocycles. The third-order valence-electron chi connectivity index (χ3n) is 5.20. The number of fused-ring (bicyclic) bond motifs is 2. The van der Waals surface area contributed by atoms with E-state index in [1.807, 2.05) is 36.4 Å². The van der Waals surface area contributed by atoms with Crippen molar-refractivity contribution in [1.29, 1.82) is 0 Å². The minimum absolute atomic E-state index is 0.0642. The average Bonchev–Trinajstić information content (AvgIpc) is 3.26. The first-order valence-corrected chi connectivity index (χ1v) is 10.7. The topological polar surface area (TPSA) is 74.5 Å². The van der Waals surface area contributed by atoms with Gasteiger partial charge in [0.1, 0.15) is 6.61 Å². The molecule has 0 bridgehead atoms. The van der Waals surface area contributed by atoms with E-state index in [9.17, 15) is 4.79 Å². The first-order chi connectivity index (χ1) is 14.3. The van der Waals surface area contributed by atoms with Crippen LogP contribution in [0.15, 0.2) is 52.1 Å². The van der Waals surface area contributed by atoms with Crippen LogP contribution in [0.4, 0.5) is 0 Å². The number of nitrogens with zero attached hydrogens (tertiary/aromatic N) is 2. The summed E-state index contributed by atoms with van der Waals surface area (Å²) in [5.74, 6) is 2.02. The summed E-state index contributed by atoms with van der Waals surface area (Å²) in [6, 6.07) is 13.5. The van der Waals surface area contributed by atoms with Crippen LogP contribution in [0.1, 0.15) is 46.3 Å². The number of benzene rings is 2. The van der Waals surface area contributed by atoms with Crippen LogP contribution in [-0.2, 0) is 12.8 Å². The predicted octanol–water partition coefficient (Wildman–Crippen LogP) is 4.44. The van der Waals surface area contributed by atoms with Gasteiger partial charge in [-0.3, -0.25) is 4.79 Å². The number of thioether (sulfide) groups is 1. The van der Waals surface area contributed by atoms with Crippen LogP contribution in [0, 0.1) is 0 Å². The third-order valence-corrected chi connectivity index (χ3v) is 6.02. The van der Waals surface area contributed by atoms with E-state index >= 15 is 0 Å². The number of ether oxygens (including phenoxy) is 2. The summed E-state index contributed by atoms with van der Waals surface area (Å²) in [5, 5.41) is 8.46. The summed E-state index contributed by atoms with van der Waals surface area (Å²) in [6.07, 6.45) is 4.14. The molecule has 3 aromatic rings. The summed E-state index contributed by atoms with van der Waals surface area (Å²) in [7, 11) is 0. The highest BCUT2D eigenvalue weighted by atomic mass is 32.2. The molecule has 0 radical (unpaired) electrons. The molecule has 1 aliphatic carbocycles. The molecule has 6 nitrogen and oxygen atoms in total.